The number of nitrogens with zero attached hydrogens (tertiary/aromatic N) is 3. The van der Waals surface area contributed by atoms with E-state index in [4.69, 9.17) is 9.47 Å². The van der Waals surface area contributed by atoms with Gasteiger partial charge in [0, 0.05) is 55.5 Å². The Balaban J connectivity index is 1.22. The molecule has 2 atom stereocenters. The molecule has 1 aromatic carbocycles. The highest BCUT2D eigenvalue weighted by Gasteiger charge is 2.35. The zero-order valence-corrected chi connectivity index (χ0v) is 17.4. The van der Waals surface area contributed by atoms with Crippen LogP contribution in [0, 0.1) is 5.92 Å². The number of aromatic nitrogens is 1. The number of hydrogen-bond donors (Lipinski definition) is 0. The number of pyridine rings is 1. The van der Waals surface area contributed by atoms with Crippen LogP contribution in [0.3, 0.4) is 0 Å². The van der Waals surface area contributed by atoms with Gasteiger partial charge >= 0.3 is 0 Å². The minimum Gasteiger partial charge on any atom is -0.454 e. The molecule has 2 fully saturated rings. The van der Waals surface area contributed by atoms with Gasteiger partial charge in [-0.3, -0.25) is 14.6 Å². The first kappa shape index (κ1) is 18.5. The predicted octanol–water partition coefficient (Wildman–Crippen LogP) is 2.79. The molecule has 0 N–H and O–H groups in total. The summed E-state index contributed by atoms with van der Waals surface area (Å²) in [6.45, 7) is 7.11. The summed E-state index contributed by atoms with van der Waals surface area (Å²) in [5.41, 5.74) is 3.63. The third-order valence-corrected chi connectivity index (χ3v) is 7.22. The van der Waals surface area contributed by atoms with Crippen LogP contribution in [0.25, 0.3) is 0 Å². The second kappa shape index (κ2) is 7.43. The summed E-state index contributed by atoms with van der Waals surface area (Å²) in [5.74, 6) is 2.72. The van der Waals surface area contributed by atoms with E-state index in [0.29, 0.717) is 18.6 Å². The topological polar surface area (TPSA) is 46.9 Å². The SMILES string of the molecule is O=c1c(CN2CCCC2)ccc2n1C[C@H]1C[C@@H]2CN(Cc2cccc3c2OCO3)C1. The Bertz CT molecular complexity index is 1010. The Kier molecular flexibility index (Phi) is 4.57. The second-order valence-corrected chi connectivity index (χ2v) is 9.33. The molecule has 0 amide bonds. The maximum atomic E-state index is 13.2. The first-order valence-corrected chi connectivity index (χ1v) is 11.3. The van der Waals surface area contributed by atoms with Crippen LogP contribution in [0.1, 0.15) is 42.0 Å². The van der Waals surface area contributed by atoms with E-state index in [1.165, 1.54) is 30.5 Å². The van der Waals surface area contributed by atoms with Crippen LogP contribution >= 0.6 is 0 Å². The molecule has 6 heteroatoms. The quantitative estimate of drug-likeness (QED) is 0.780. The molecule has 0 aliphatic carbocycles. The number of hydrogen-bond acceptors (Lipinski definition) is 5. The van der Waals surface area contributed by atoms with Crippen molar-refractivity contribution in [3.63, 3.8) is 0 Å². The Labute approximate surface area is 177 Å². The molecule has 0 saturated carbocycles. The maximum Gasteiger partial charge on any atom is 0.255 e. The molecule has 4 aliphatic heterocycles. The number of ether oxygens (including phenoxy) is 2. The fraction of sp³-hybridized carbons (Fsp3) is 0.542. The van der Waals surface area contributed by atoms with E-state index in [-0.39, 0.29) is 5.56 Å². The zero-order valence-electron chi connectivity index (χ0n) is 17.4. The van der Waals surface area contributed by atoms with E-state index in [9.17, 15) is 4.79 Å². The predicted molar refractivity (Wildman–Crippen MR) is 114 cm³/mol. The van der Waals surface area contributed by atoms with E-state index >= 15 is 0 Å². The molecule has 2 aromatic rings. The van der Waals surface area contributed by atoms with Crippen LogP contribution in [0.2, 0.25) is 0 Å². The van der Waals surface area contributed by atoms with Crippen molar-refractivity contribution in [1.29, 1.82) is 0 Å². The van der Waals surface area contributed by atoms with Crippen LogP contribution in [0.15, 0.2) is 35.1 Å². The molecule has 5 heterocycles. The summed E-state index contributed by atoms with van der Waals surface area (Å²) < 4.78 is 13.3. The number of piperidine rings is 1. The van der Waals surface area contributed by atoms with E-state index in [1.54, 1.807) is 0 Å². The van der Waals surface area contributed by atoms with Gasteiger partial charge in [-0.25, -0.2) is 0 Å². The fourth-order valence-corrected chi connectivity index (χ4v) is 5.88. The lowest BCUT2D eigenvalue weighted by molar-refractivity contribution is 0.112. The third-order valence-electron chi connectivity index (χ3n) is 7.22. The molecule has 6 rings (SSSR count). The van der Waals surface area contributed by atoms with E-state index in [0.717, 1.165) is 62.9 Å². The van der Waals surface area contributed by atoms with Crippen molar-refractivity contribution in [3.05, 3.63) is 57.5 Å². The monoisotopic (exact) mass is 407 g/mol. The van der Waals surface area contributed by atoms with Gasteiger partial charge in [0.25, 0.3) is 5.56 Å². The number of fused-ring (bicyclic) bond motifs is 5. The molecule has 2 saturated heterocycles. The van der Waals surface area contributed by atoms with Crippen molar-refractivity contribution in [3.8, 4) is 11.5 Å². The third kappa shape index (κ3) is 3.22. The van der Waals surface area contributed by atoms with Gasteiger partial charge in [-0.1, -0.05) is 18.2 Å². The smallest absolute Gasteiger partial charge is 0.255 e. The molecule has 2 bridgehead atoms. The minimum atomic E-state index is 0.244. The lowest BCUT2D eigenvalue weighted by Crippen LogP contribution is -2.47. The number of rotatable bonds is 4. The van der Waals surface area contributed by atoms with Crippen LogP contribution in [-0.2, 0) is 19.6 Å². The lowest BCUT2D eigenvalue weighted by Gasteiger charge is -2.43. The number of likely N-dealkylation sites (tertiary alicyclic amines) is 2. The molecule has 1 aromatic heterocycles. The van der Waals surface area contributed by atoms with Crippen molar-refractivity contribution in [2.45, 2.75) is 44.8 Å². The average Bonchev–Trinajstić information content (AvgIpc) is 3.43. The van der Waals surface area contributed by atoms with Crippen molar-refractivity contribution in [2.75, 3.05) is 33.0 Å². The Hall–Kier alpha value is -2.31. The van der Waals surface area contributed by atoms with Crippen molar-refractivity contribution in [2.24, 2.45) is 5.92 Å². The summed E-state index contributed by atoms with van der Waals surface area (Å²) in [4.78, 5) is 18.2. The van der Waals surface area contributed by atoms with Crippen LogP contribution in [-0.4, -0.2) is 47.3 Å². The fourth-order valence-electron chi connectivity index (χ4n) is 5.88. The first-order valence-electron chi connectivity index (χ1n) is 11.3. The highest BCUT2D eigenvalue weighted by Crippen LogP contribution is 2.39. The minimum absolute atomic E-state index is 0.244. The van der Waals surface area contributed by atoms with Gasteiger partial charge in [0.05, 0.1) is 0 Å². The Morgan fingerprint density at radius 1 is 0.900 bits per heavy atom. The van der Waals surface area contributed by atoms with Crippen LogP contribution in [0.4, 0.5) is 0 Å². The highest BCUT2D eigenvalue weighted by molar-refractivity contribution is 5.48. The zero-order chi connectivity index (χ0) is 20.1. The molecule has 6 nitrogen and oxygen atoms in total. The van der Waals surface area contributed by atoms with Gasteiger partial charge in [0.1, 0.15) is 0 Å². The number of benzene rings is 1. The Morgan fingerprint density at radius 3 is 2.67 bits per heavy atom. The maximum absolute atomic E-state index is 13.2. The van der Waals surface area contributed by atoms with Crippen LogP contribution in [0.5, 0.6) is 11.5 Å². The first-order chi connectivity index (χ1) is 14.7. The van der Waals surface area contributed by atoms with Crippen LogP contribution < -0.4 is 15.0 Å². The highest BCUT2D eigenvalue weighted by atomic mass is 16.7. The molecule has 0 unspecified atom stereocenters. The Morgan fingerprint density at radius 2 is 1.77 bits per heavy atom. The van der Waals surface area contributed by atoms with E-state index in [2.05, 4.69) is 32.6 Å². The van der Waals surface area contributed by atoms with Gasteiger partial charge in [0.15, 0.2) is 11.5 Å². The molecular weight excluding hydrogens is 378 g/mol. The van der Waals surface area contributed by atoms with Gasteiger partial charge < -0.3 is 14.0 Å². The van der Waals surface area contributed by atoms with Gasteiger partial charge in [-0.15, -0.1) is 0 Å². The van der Waals surface area contributed by atoms with Crippen molar-refractivity contribution in [1.82, 2.24) is 14.4 Å². The van der Waals surface area contributed by atoms with E-state index < -0.39 is 0 Å². The van der Waals surface area contributed by atoms with Gasteiger partial charge in [-0.05, 0) is 50.4 Å². The summed E-state index contributed by atoms with van der Waals surface area (Å²) in [7, 11) is 0. The van der Waals surface area contributed by atoms with Gasteiger partial charge in [-0.2, -0.15) is 0 Å². The molecular formula is C24H29N3O3. The molecule has 158 valence electrons. The summed E-state index contributed by atoms with van der Waals surface area (Å²) in [6.07, 6.45) is 3.70. The summed E-state index contributed by atoms with van der Waals surface area (Å²) in [5, 5.41) is 0. The summed E-state index contributed by atoms with van der Waals surface area (Å²) >= 11 is 0. The standard InChI is InChI=1S/C24H29N3O3/c28-24-19(14-25-8-1-2-9-25)6-7-21-20-10-17(12-27(21)24)11-26(15-20)13-18-4-3-5-22-23(18)30-16-29-22/h3-7,17,20H,1-2,8-16H2/t17-,20+/m0/s1. The largest absolute Gasteiger partial charge is 0.454 e. The normalized spacial score (nSPS) is 25.5. The lowest BCUT2D eigenvalue weighted by atomic mass is 9.82. The van der Waals surface area contributed by atoms with Gasteiger partial charge in [0.2, 0.25) is 6.79 Å². The molecule has 0 radical (unpaired) electrons. The second-order valence-electron chi connectivity index (χ2n) is 9.33. The molecule has 0 spiro atoms. The van der Waals surface area contributed by atoms with Crippen molar-refractivity contribution < 1.29 is 9.47 Å². The summed E-state index contributed by atoms with van der Waals surface area (Å²) in [6, 6.07) is 10.5. The van der Waals surface area contributed by atoms with E-state index in [1.807, 2.05) is 12.1 Å². The average molecular weight is 408 g/mol. The molecule has 4 aliphatic rings. The van der Waals surface area contributed by atoms with Crippen molar-refractivity contribution >= 4 is 0 Å². The molecule has 30 heavy (non-hydrogen) atoms. The number of para-hydroxylation sites is 1.